The van der Waals surface area contributed by atoms with Crippen LogP contribution in [0.2, 0.25) is 0 Å². The van der Waals surface area contributed by atoms with Crippen molar-refractivity contribution in [2.45, 2.75) is 38.3 Å². The number of benzene rings is 1. The maximum atomic E-state index is 12.3. The highest BCUT2D eigenvalue weighted by Crippen LogP contribution is 2.24. The second-order valence-electron chi connectivity index (χ2n) is 6.20. The van der Waals surface area contributed by atoms with Crippen LogP contribution >= 0.6 is 0 Å². The lowest BCUT2D eigenvalue weighted by atomic mass is 9.90. The van der Waals surface area contributed by atoms with Gasteiger partial charge in [0, 0.05) is 25.7 Å². The number of hydrogen-bond acceptors (Lipinski definition) is 2. The zero-order chi connectivity index (χ0) is 14.5. The molecule has 2 saturated heterocycles. The van der Waals surface area contributed by atoms with Crippen molar-refractivity contribution < 1.29 is 4.79 Å². The van der Waals surface area contributed by atoms with Gasteiger partial charge in [0.1, 0.15) is 0 Å². The van der Waals surface area contributed by atoms with E-state index in [0.29, 0.717) is 18.5 Å². The number of rotatable bonds is 3. The third-order valence-electron chi connectivity index (χ3n) is 4.70. The highest BCUT2D eigenvalue weighted by molar-refractivity contribution is 5.74. The number of nitrogens with one attached hydrogen (secondary N) is 2. The zero-order valence-electron chi connectivity index (χ0n) is 12.6. The second kappa shape index (κ2) is 6.94. The Kier molecular flexibility index (Phi) is 4.76. The molecule has 2 aliphatic heterocycles. The van der Waals surface area contributed by atoms with Crippen LogP contribution in [-0.4, -0.2) is 36.6 Å². The van der Waals surface area contributed by atoms with Crippen LogP contribution in [-0.2, 0) is 6.54 Å². The van der Waals surface area contributed by atoms with Crippen LogP contribution in [0, 0.1) is 5.92 Å². The summed E-state index contributed by atoms with van der Waals surface area (Å²) in [5.74, 6) is 0.628. The number of carbonyl (C=O) groups excluding carboxylic acids is 1. The standard InChI is InChI=1S/C17H25N3O/c21-17(19-12-14-6-2-1-3-7-14)20-11-5-8-15(13-20)16-9-4-10-18-16/h1-3,6-7,15-16,18H,4-5,8-13H2,(H,19,21). The SMILES string of the molecule is O=C(NCc1ccccc1)N1CCCC(C2CCCN2)C1. The Morgan fingerprint density at radius 2 is 2.10 bits per heavy atom. The molecule has 0 bridgehead atoms. The molecule has 2 heterocycles. The molecule has 4 nitrogen and oxygen atoms in total. The number of likely N-dealkylation sites (tertiary alicyclic amines) is 1. The fourth-order valence-corrected chi connectivity index (χ4v) is 3.52. The smallest absolute Gasteiger partial charge is 0.317 e. The lowest BCUT2D eigenvalue weighted by Crippen LogP contribution is -2.49. The van der Waals surface area contributed by atoms with Gasteiger partial charge in [0.2, 0.25) is 0 Å². The zero-order valence-corrected chi connectivity index (χ0v) is 12.6. The Balaban J connectivity index is 1.49. The van der Waals surface area contributed by atoms with Crippen LogP contribution in [0.3, 0.4) is 0 Å². The fraction of sp³-hybridized carbons (Fsp3) is 0.588. The van der Waals surface area contributed by atoms with Crippen molar-refractivity contribution in [1.82, 2.24) is 15.5 Å². The quantitative estimate of drug-likeness (QED) is 0.896. The maximum Gasteiger partial charge on any atom is 0.317 e. The van der Waals surface area contributed by atoms with E-state index < -0.39 is 0 Å². The van der Waals surface area contributed by atoms with Gasteiger partial charge in [-0.15, -0.1) is 0 Å². The van der Waals surface area contributed by atoms with E-state index in [0.717, 1.165) is 31.6 Å². The Morgan fingerprint density at radius 1 is 1.24 bits per heavy atom. The van der Waals surface area contributed by atoms with Gasteiger partial charge >= 0.3 is 6.03 Å². The molecule has 0 aromatic heterocycles. The molecule has 0 aliphatic carbocycles. The van der Waals surface area contributed by atoms with E-state index >= 15 is 0 Å². The van der Waals surface area contributed by atoms with Gasteiger partial charge in [-0.25, -0.2) is 4.79 Å². The summed E-state index contributed by atoms with van der Waals surface area (Å²) in [6.07, 6.45) is 4.92. The first-order valence-electron chi connectivity index (χ1n) is 8.13. The largest absolute Gasteiger partial charge is 0.334 e. The first-order chi connectivity index (χ1) is 10.3. The molecule has 3 rings (SSSR count). The molecule has 0 radical (unpaired) electrons. The molecular weight excluding hydrogens is 262 g/mol. The Bertz CT molecular complexity index is 456. The van der Waals surface area contributed by atoms with Gasteiger partial charge in [-0.3, -0.25) is 0 Å². The van der Waals surface area contributed by atoms with Crippen molar-refractivity contribution in [3.63, 3.8) is 0 Å². The summed E-state index contributed by atoms with van der Waals surface area (Å²) < 4.78 is 0. The van der Waals surface area contributed by atoms with E-state index in [1.165, 1.54) is 19.3 Å². The van der Waals surface area contributed by atoms with Gasteiger partial charge < -0.3 is 15.5 Å². The van der Waals surface area contributed by atoms with Gasteiger partial charge in [-0.2, -0.15) is 0 Å². The summed E-state index contributed by atoms with van der Waals surface area (Å²) in [4.78, 5) is 14.3. The van der Waals surface area contributed by atoms with Gasteiger partial charge in [0.15, 0.2) is 0 Å². The van der Waals surface area contributed by atoms with Crippen molar-refractivity contribution in [2.75, 3.05) is 19.6 Å². The lowest BCUT2D eigenvalue weighted by molar-refractivity contribution is 0.152. The number of piperidine rings is 1. The number of nitrogens with zero attached hydrogens (tertiary/aromatic N) is 1. The molecular formula is C17H25N3O. The predicted molar refractivity (Wildman–Crippen MR) is 84.0 cm³/mol. The summed E-state index contributed by atoms with van der Waals surface area (Å²) in [6.45, 7) is 3.55. The van der Waals surface area contributed by atoms with E-state index in [1.807, 2.05) is 35.2 Å². The molecule has 2 amide bonds. The molecule has 2 unspecified atom stereocenters. The Labute approximate surface area is 126 Å². The summed E-state index contributed by atoms with van der Waals surface area (Å²) in [6, 6.07) is 10.8. The number of urea groups is 1. The lowest BCUT2D eigenvalue weighted by Gasteiger charge is -2.35. The number of hydrogen-bond donors (Lipinski definition) is 2. The summed E-state index contributed by atoms with van der Waals surface area (Å²) >= 11 is 0. The van der Waals surface area contributed by atoms with E-state index in [4.69, 9.17) is 0 Å². The molecule has 114 valence electrons. The third-order valence-corrected chi connectivity index (χ3v) is 4.70. The Hall–Kier alpha value is -1.55. The molecule has 21 heavy (non-hydrogen) atoms. The molecule has 0 saturated carbocycles. The van der Waals surface area contributed by atoms with Crippen LogP contribution in [0.15, 0.2) is 30.3 Å². The minimum absolute atomic E-state index is 0.0848. The molecule has 4 heteroatoms. The number of amides is 2. The van der Waals surface area contributed by atoms with Crippen molar-refractivity contribution >= 4 is 6.03 Å². The van der Waals surface area contributed by atoms with Crippen LogP contribution in [0.25, 0.3) is 0 Å². The van der Waals surface area contributed by atoms with Crippen LogP contribution in [0.5, 0.6) is 0 Å². The van der Waals surface area contributed by atoms with Crippen molar-refractivity contribution in [2.24, 2.45) is 5.92 Å². The predicted octanol–water partition coefficient (Wildman–Crippen LogP) is 2.36. The minimum Gasteiger partial charge on any atom is -0.334 e. The normalized spacial score (nSPS) is 25.8. The highest BCUT2D eigenvalue weighted by atomic mass is 16.2. The highest BCUT2D eigenvalue weighted by Gasteiger charge is 2.30. The molecule has 1 aromatic carbocycles. The molecule has 2 aliphatic rings. The first kappa shape index (κ1) is 14.4. The minimum atomic E-state index is 0.0848. The number of carbonyl (C=O) groups is 1. The molecule has 2 atom stereocenters. The van der Waals surface area contributed by atoms with Crippen molar-refractivity contribution in [3.8, 4) is 0 Å². The summed E-state index contributed by atoms with van der Waals surface area (Å²) in [5, 5.41) is 6.63. The molecule has 2 fully saturated rings. The topological polar surface area (TPSA) is 44.4 Å². The third kappa shape index (κ3) is 3.76. The molecule has 2 N–H and O–H groups in total. The first-order valence-corrected chi connectivity index (χ1v) is 8.13. The second-order valence-corrected chi connectivity index (χ2v) is 6.20. The van der Waals surface area contributed by atoms with Crippen molar-refractivity contribution in [1.29, 1.82) is 0 Å². The van der Waals surface area contributed by atoms with Crippen LogP contribution in [0.1, 0.15) is 31.2 Å². The monoisotopic (exact) mass is 287 g/mol. The fourth-order valence-electron chi connectivity index (χ4n) is 3.52. The average Bonchev–Trinajstić information content (AvgIpc) is 3.08. The van der Waals surface area contributed by atoms with Crippen LogP contribution in [0.4, 0.5) is 4.79 Å². The van der Waals surface area contributed by atoms with E-state index in [9.17, 15) is 4.79 Å². The molecule has 0 spiro atoms. The summed E-state index contributed by atoms with van der Waals surface area (Å²) in [7, 11) is 0. The van der Waals surface area contributed by atoms with E-state index in [1.54, 1.807) is 0 Å². The molecule has 1 aromatic rings. The maximum absolute atomic E-state index is 12.3. The average molecular weight is 287 g/mol. The van der Waals surface area contributed by atoms with Gasteiger partial charge in [-0.05, 0) is 43.7 Å². The Morgan fingerprint density at radius 3 is 2.86 bits per heavy atom. The van der Waals surface area contributed by atoms with Gasteiger partial charge in [-0.1, -0.05) is 30.3 Å². The van der Waals surface area contributed by atoms with Crippen LogP contribution < -0.4 is 10.6 Å². The van der Waals surface area contributed by atoms with Gasteiger partial charge in [0.25, 0.3) is 0 Å². The van der Waals surface area contributed by atoms with E-state index in [-0.39, 0.29) is 6.03 Å². The van der Waals surface area contributed by atoms with Gasteiger partial charge in [0.05, 0.1) is 0 Å². The van der Waals surface area contributed by atoms with Crippen molar-refractivity contribution in [3.05, 3.63) is 35.9 Å². The van der Waals surface area contributed by atoms with E-state index in [2.05, 4.69) is 10.6 Å². The summed E-state index contributed by atoms with van der Waals surface area (Å²) in [5.41, 5.74) is 1.15.